The number of rotatable bonds is 2. The van der Waals surface area contributed by atoms with Crippen LogP contribution in [0.5, 0.6) is 0 Å². The quantitative estimate of drug-likeness (QED) is 0.850. The van der Waals surface area contributed by atoms with E-state index in [1.54, 1.807) is 0 Å². The lowest BCUT2D eigenvalue weighted by atomic mass is 10.0. The van der Waals surface area contributed by atoms with Crippen molar-refractivity contribution in [1.29, 1.82) is 0 Å². The summed E-state index contributed by atoms with van der Waals surface area (Å²) in [7, 11) is 2.05. The summed E-state index contributed by atoms with van der Waals surface area (Å²) >= 11 is 6.05. The normalized spacial score (nSPS) is 17.9. The molecule has 3 rings (SSSR count). The van der Waals surface area contributed by atoms with Crippen LogP contribution in [0.2, 0.25) is 5.02 Å². The van der Waals surface area contributed by atoms with Crippen molar-refractivity contribution >= 4 is 22.5 Å². The van der Waals surface area contributed by atoms with E-state index in [0.717, 1.165) is 5.02 Å². The number of fused-ring (bicyclic) bond motifs is 1. The number of nitrogens with two attached hydrogens (primary N) is 1. The van der Waals surface area contributed by atoms with Crippen LogP contribution in [-0.2, 0) is 7.05 Å². The third-order valence-electron chi connectivity index (χ3n) is 3.47. The average molecular weight is 235 g/mol. The largest absolute Gasteiger partial charge is 0.350 e. The molecule has 2 nitrogen and oxygen atoms in total. The molecule has 1 aromatic carbocycles. The number of hydrogen-bond donors (Lipinski definition) is 1. The summed E-state index contributed by atoms with van der Waals surface area (Å²) < 4.78 is 2.13. The lowest BCUT2D eigenvalue weighted by molar-refractivity contribution is 0.636. The summed E-state index contributed by atoms with van der Waals surface area (Å²) in [4.78, 5) is 0. The van der Waals surface area contributed by atoms with Gasteiger partial charge in [-0.1, -0.05) is 11.6 Å². The Balaban J connectivity index is 2.19. The lowest BCUT2D eigenvalue weighted by Crippen LogP contribution is -2.11. The zero-order valence-electron chi connectivity index (χ0n) is 9.28. The van der Waals surface area contributed by atoms with E-state index >= 15 is 0 Å². The summed E-state index contributed by atoms with van der Waals surface area (Å²) in [5.41, 5.74) is 8.72. The van der Waals surface area contributed by atoms with Gasteiger partial charge < -0.3 is 10.3 Å². The molecule has 0 bridgehead atoms. The van der Waals surface area contributed by atoms with Crippen molar-refractivity contribution in [3.8, 4) is 0 Å². The van der Waals surface area contributed by atoms with Gasteiger partial charge in [-0.25, -0.2) is 0 Å². The first-order chi connectivity index (χ1) is 7.66. The van der Waals surface area contributed by atoms with E-state index in [9.17, 15) is 0 Å². The molecule has 1 heterocycles. The number of aromatic nitrogens is 1. The van der Waals surface area contributed by atoms with Crippen LogP contribution in [0.3, 0.4) is 0 Å². The van der Waals surface area contributed by atoms with Crippen LogP contribution in [-0.4, -0.2) is 4.57 Å². The van der Waals surface area contributed by atoms with Gasteiger partial charge in [-0.3, -0.25) is 0 Å². The fraction of sp³-hybridized carbons (Fsp3) is 0.385. The number of hydrogen-bond acceptors (Lipinski definition) is 1. The molecule has 1 saturated carbocycles. The van der Waals surface area contributed by atoms with Crippen LogP contribution in [0.1, 0.15) is 24.4 Å². The minimum Gasteiger partial charge on any atom is -0.350 e. The third kappa shape index (κ3) is 1.53. The van der Waals surface area contributed by atoms with Gasteiger partial charge in [0.15, 0.2) is 0 Å². The highest BCUT2D eigenvalue weighted by molar-refractivity contribution is 6.31. The number of halogens is 1. The van der Waals surface area contributed by atoms with Crippen LogP contribution in [0.25, 0.3) is 10.9 Å². The third-order valence-corrected chi connectivity index (χ3v) is 3.71. The Morgan fingerprint density at radius 1 is 1.44 bits per heavy atom. The predicted octanol–water partition coefficient (Wildman–Crippen LogP) is 3.24. The van der Waals surface area contributed by atoms with Crippen molar-refractivity contribution in [2.75, 3.05) is 0 Å². The van der Waals surface area contributed by atoms with Crippen LogP contribution in [0.4, 0.5) is 0 Å². The molecule has 0 radical (unpaired) electrons. The Morgan fingerprint density at radius 2 is 2.19 bits per heavy atom. The molecule has 1 fully saturated rings. The van der Waals surface area contributed by atoms with E-state index in [1.165, 1.54) is 29.3 Å². The Kier molecular flexibility index (Phi) is 2.23. The monoisotopic (exact) mass is 234 g/mol. The second kappa shape index (κ2) is 3.51. The SMILES string of the molecule is Cn1cc(C(N)C2CC2)c2cc(Cl)ccc21. The molecule has 1 aliphatic rings. The fourth-order valence-corrected chi connectivity index (χ4v) is 2.54. The highest BCUT2D eigenvalue weighted by Gasteiger charge is 2.31. The van der Waals surface area contributed by atoms with Crippen molar-refractivity contribution in [2.45, 2.75) is 18.9 Å². The van der Waals surface area contributed by atoms with Gasteiger partial charge in [0.1, 0.15) is 0 Å². The molecule has 2 N–H and O–H groups in total. The lowest BCUT2D eigenvalue weighted by Gasteiger charge is -2.08. The van der Waals surface area contributed by atoms with E-state index in [0.29, 0.717) is 5.92 Å². The zero-order valence-corrected chi connectivity index (χ0v) is 10.0. The first-order valence-electron chi connectivity index (χ1n) is 5.67. The predicted molar refractivity (Wildman–Crippen MR) is 67.6 cm³/mol. The van der Waals surface area contributed by atoms with Crippen LogP contribution in [0.15, 0.2) is 24.4 Å². The summed E-state index contributed by atoms with van der Waals surface area (Å²) in [6, 6.07) is 6.17. The highest BCUT2D eigenvalue weighted by atomic mass is 35.5. The van der Waals surface area contributed by atoms with Gasteiger partial charge >= 0.3 is 0 Å². The van der Waals surface area contributed by atoms with Crippen molar-refractivity contribution in [3.63, 3.8) is 0 Å². The van der Waals surface area contributed by atoms with Crippen molar-refractivity contribution in [2.24, 2.45) is 18.7 Å². The van der Waals surface area contributed by atoms with E-state index in [-0.39, 0.29) is 6.04 Å². The Labute approximate surface area is 100.0 Å². The van der Waals surface area contributed by atoms with Crippen molar-refractivity contribution in [3.05, 3.63) is 35.0 Å². The zero-order chi connectivity index (χ0) is 11.3. The highest BCUT2D eigenvalue weighted by Crippen LogP contribution is 2.42. The number of benzene rings is 1. The molecule has 2 aromatic rings. The number of nitrogens with zero attached hydrogens (tertiary/aromatic N) is 1. The summed E-state index contributed by atoms with van der Waals surface area (Å²) in [6.45, 7) is 0. The molecule has 0 spiro atoms. The topological polar surface area (TPSA) is 30.9 Å². The van der Waals surface area contributed by atoms with Crippen LogP contribution in [0, 0.1) is 5.92 Å². The maximum atomic E-state index is 6.27. The first kappa shape index (κ1) is 10.2. The van der Waals surface area contributed by atoms with Crippen LogP contribution < -0.4 is 5.73 Å². The first-order valence-corrected chi connectivity index (χ1v) is 6.04. The number of aryl methyl sites for hydroxylation is 1. The van der Waals surface area contributed by atoms with E-state index in [4.69, 9.17) is 17.3 Å². The Morgan fingerprint density at radius 3 is 2.88 bits per heavy atom. The molecule has 1 aliphatic carbocycles. The maximum absolute atomic E-state index is 6.27. The molecule has 1 aromatic heterocycles. The van der Waals surface area contributed by atoms with Gasteiger partial charge in [0.25, 0.3) is 0 Å². The van der Waals surface area contributed by atoms with Gasteiger partial charge in [0.05, 0.1) is 0 Å². The molecule has 3 heteroatoms. The van der Waals surface area contributed by atoms with Gasteiger partial charge in [-0.2, -0.15) is 0 Å². The van der Waals surface area contributed by atoms with Gasteiger partial charge in [-0.15, -0.1) is 0 Å². The molecule has 1 atom stereocenters. The molecular weight excluding hydrogens is 220 g/mol. The molecular formula is C13H15ClN2. The standard InChI is InChI=1S/C13H15ClN2/c1-16-7-11(13(15)8-2-3-8)10-6-9(14)4-5-12(10)16/h4-8,13H,2-3,15H2,1H3. The minimum atomic E-state index is 0.169. The molecule has 0 saturated heterocycles. The Bertz CT molecular complexity index is 540. The smallest absolute Gasteiger partial charge is 0.0482 e. The van der Waals surface area contributed by atoms with E-state index < -0.39 is 0 Å². The van der Waals surface area contributed by atoms with E-state index in [2.05, 4.69) is 23.9 Å². The fourth-order valence-electron chi connectivity index (χ4n) is 2.37. The molecule has 1 unspecified atom stereocenters. The minimum absolute atomic E-state index is 0.169. The average Bonchev–Trinajstić information content (AvgIpc) is 3.04. The summed E-state index contributed by atoms with van der Waals surface area (Å²) in [5.74, 6) is 0.671. The van der Waals surface area contributed by atoms with Gasteiger partial charge in [0.2, 0.25) is 0 Å². The molecule has 0 aliphatic heterocycles. The second-order valence-electron chi connectivity index (χ2n) is 4.72. The van der Waals surface area contributed by atoms with Crippen molar-refractivity contribution in [1.82, 2.24) is 4.57 Å². The molecule has 16 heavy (non-hydrogen) atoms. The second-order valence-corrected chi connectivity index (χ2v) is 5.16. The van der Waals surface area contributed by atoms with E-state index in [1.807, 2.05) is 12.1 Å². The van der Waals surface area contributed by atoms with Gasteiger partial charge in [-0.05, 0) is 42.5 Å². The van der Waals surface area contributed by atoms with Crippen molar-refractivity contribution < 1.29 is 0 Å². The molecule has 84 valence electrons. The summed E-state index contributed by atoms with van der Waals surface area (Å²) in [6.07, 6.45) is 4.67. The van der Waals surface area contributed by atoms with Crippen LogP contribution >= 0.6 is 11.6 Å². The van der Waals surface area contributed by atoms with Gasteiger partial charge in [0, 0.05) is 35.2 Å². The molecule has 0 amide bonds. The maximum Gasteiger partial charge on any atom is 0.0482 e. The Hall–Kier alpha value is -0.990. The summed E-state index contributed by atoms with van der Waals surface area (Å²) in [5, 5.41) is 1.98.